The Morgan fingerprint density at radius 2 is 1.78 bits per heavy atom. The number of amides is 1. The third-order valence-electron chi connectivity index (χ3n) is 6.76. The molecule has 0 atom stereocenters. The molecule has 0 unspecified atom stereocenters. The fourth-order valence-corrected chi connectivity index (χ4v) is 5.27. The first-order chi connectivity index (χ1) is 17.5. The third kappa shape index (κ3) is 5.57. The van der Waals surface area contributed by atoms with Gasteiger partial charge in [-0.2, -0.15) is 18.3 Å². The number of aromatic nitrogens is 3. The molecule has 13 heteroatoms. The van der Waals surface area contributed by atoms with E-state index in [0.717, 1.165) is 42.3 Å². The summed E-state index contributed by atoms with van der Waals surface area (Å²) in [5.74, 6) is -0.678. The molecule has 1 aromatic carbocycles. The summed E-state index contributed by atoms with van der Waals surface area (Å²) in [4.78, 5) is 20.7. The summed E-state index contributed by atoms with van der Waals surface area (Å²) in [6, 6.07) is 10.8. The first-order valence-electron chi connectivity index (χ1n) is 12.0. The van der Waals surface area contributed by atoms with Crippen LogP contribution in [0.2, 0.25) is 0 Å². The van der Waals surface area contributed by atoms with Crippen LogP contribution in [0.15, 0.2) is 36.4 Å². The Hall–Kier alpha value is -3.19. The molecule has 0 spiro atoms. The Morgan fingerprint density at radius 1 is 1.11 bits per heavy atom. The molecule has 1 saturated heterocycles. The lowest BCUT2D eigenvalue weighted by atomic mass is 9.82. The van der Waals surface area contributed by atoms with Gasteiger partial charge in [0.25, 0.3) is 5.91 Å². The highest BCUT2D eigenvalue weighted by atomic mass is 32.2. The largest absolute Gasteiger partial charge is 0.401 e. The molecule has 1 N–H and O–H groups in total. The lowest BCUT2D eigenvalue weighted by Crippen LogP contribution is -2.49. The second-order valence-electron chi connectivity index (χ2n) is 9.57. The maximum absolute atomic E-state index is 12.9. The molecule has 37 heavy (non-hydrogen) atoms. The van der Waals surface area contributed by atoms with Crippen molar-refractivity contribution in [2.45, 2.75) is 31.4 Å². The Balaban J connectivity index is 1.63. The number of rotatable bonds is 6. The number of nitrogens with zero attached hydrogens (tertiary/aromatic N) is 5. The Labute approximate surface area is 212 Å². The van der Waals surface area contributed by atoms with Gasteiger partial charge in [-0.3, -0.25) is 9.69 Å². The molecule has 2 fully saturated rings. The van der Waals surface area contributed by atoms with Gasteiger partial charge in [0.2, 0.25) is 10.0 Å². The number of anilines is 1. The molecule has 2 aromatic heterocycles. The van der Waals surface area contributed by atoms with Crippen molar-refractivity contribution in [2.24, 2.45) is 0 Å². The fraction of sp³-hybridized carbons (Fsp3) is 0.458. The predicted molar refractivity (Wildman–Crippen MR) is 132 cm³/mol. The molecule has 5 rings (SSSR count). The van der Waals surface area contributed by atoms with E-state index in [1.807, 2.05) is 40.0 Å². The van der Waals surface area contributed by atoms with E-state index in [1.54, 1.807) is 4.68 Å². The predicted octanol–water partition coefficient (Wildman–Crippen LogP) is 3.06. The highest BCUT2D eigenvalue weighted by Crippen LogP contribution is 2.42. The molecule has 0 radical (unpaired) electrons. The van der Waals surface area contributed by atoms with Crippen molar-refractivity contribution in [3.63, 3.8) is 0 Å². The Kier molecular flexibility index (Phi) is 6.61. The van der Waals surface area contributed by atoms with Crippen LogP contribution >= 0.6 is 0 Å². The van der Waals surface area contributed by atoms with Gasteiger partial charge in [-0.05, 0) is 31.0 Å². The number of hydrogen-bond donors (Lipinski definition) is 1. The third-order valence-corrected chi connectivity index (χ3v) is 7.32. The smallest absolute Gasteiger partial charge is 0.368 e. The fourth-order valence-electron chi connectivity index (χ4n) is 4.83. The van der Waals surface area contributed by atoms with E-state index < -0.39 is 28.7 Å². The highest BCUT2D eigenvalue weighted by molar-refractivity contribution is 7.89. The molecule has 3 aromatic rings. The molecule has 198 valence electrons. The molecule has 2 aliphatic rings. The van der Waals surface area contributed by atoms with Crippen molar-refractivity contribution in [1.29, 1.82) is 0 Å². The van der Waals surface area contributed by atoms with E-state index in [4.69, 9.17) is 5.10 Å². The highest BCUT2D eigenvalue weighted by Gasteiger charge is 2.34. The van der Waals surface area contributed by atoms with Crippen LogP contribution in [-0.2, 0) is 10.0 Å². The van der Waals surface area contributed by atoms with Crippen LogP contribution in [0.3, 0.4) is 0 Å². The summed E-state index contributed by atoms with van der Waals surface area (Å²) in [7, 11) is -3.84. The zero-order valence-corrected chi connectivity index (χ0v) is 21.0. The molecular weight excluding hydrogens is 509 g/mol. The molecule has 1 aliphatic heterocycles. The monoisotopic (exact) mass is 536 g/mol. The topological polar surface area (TPSA) is 100 Å². The minimum atomic E-state index is -4.28. The van der Waals surface area contributed by atoms with Crippen LogP contribution in [0.25, 0.3) is 16.7 Å². The van der Waals surface area contributed by atoms with E-state index in [0.29, 0.717) is 24.4 Å². The van der Waals surface area contributed by atoms with Gasteiger partial charge in [0.15, 0.2) is 5.65 Å². The van der Waals surface area contributed by atoms with Crippen LogP contribution < -0.4 is 9.62 Å². The average Bonchev–Trinajstić information content (AvgIpc) is 3.15. The molecule has 0 bridgehead atoms. The van der Waals surface area contributed by atoms with Crippen LogP contribution in [0.4, 0.5) is 18.9 Å². The zero-order chi connectivity index (χ0) is 26.4. The van der Waals surface area contributed by atoms with E-state index in [9.17, 15) is 26.4 Å². The molecule has 1 aliphatic carbocycles. The maximum atomic E-state index is 12.9. The molecular formula is C24H27F3N6O3S. The van der Waals surface area contributed by atoms with Gasteiger partial charge in [0.1, 0.15) is 5.69 Å². The van der Waals surface area contributed by atoms with E-state index in [1.165, 1.54) is 11.0 Å². The van der Waals surface area contributed by atoms with E-state index >= 15 is 0 Å². The minimum Gasteiger partial charge on any atom is -0.368 e. The number of halogens is 3. The lowest BCUT2D eigenvalue weighted by molar-refractivity contribution is -0.146. The van der Waals surface area contributed by atoms with Gasteiger partial charge >= 0.3 is 6.18 Å². The number of alkyl halides is 3. The van der Waals surface area contributed by atoms with E-state index in [-0.39, 0.29) is 24.7 Å². The Morgan fingerprint density at radius 3 is 2.35 bits per heavy atom. The van der Waals surface area contributed by atoms with Gasteiger partial charge in [0, 0.05) is 32.1 Å². The van der Waals surface area contributed by atoms with Crippen LogP contribution in [0, 0.1) is 0 Å². The summed E-state index contributed by atoms with van der Waals surface area (Å²) < 4.78 is 65.9. The van der Waals surface area contributed by atoms with Crippen LogP contribution in [-0.4, -0.2) is 79.1 Å². The standard InChI is InChI=1S/C24H27F3N6O3S/c1-37(35,36)30-23(34)18-14-19(32-12-10-31(11-13-32)15-24(25,26)27)20-21(16-6-5-7-16)29-33(22(20)28-18)17-8-3-2-4-9-17/h2-4,8-9,14,16H,5-7,10-13,15H2,1H3,(H,30,34). The first-order valence-corrected chi connectivity index (χ1v) is 13.9. The van der Waals surface area contributed by atoms with Gasteiger partial charge in [-0.1, -0.05) is 24.6 Å². The first kappa shape index (κ1) is 25.5. The van der Waals surface area contributed by atoms with Gasteiger partial charge in [-0.25, -0.2) is 22.8 Å². The zero-order valence-electron chi connectivity index (χ0n) is 20.2. The number of benzene rings is 1. The molecule has 1 saturated carbocycles. The van der Waals surface area contributed by atoms with Gasteiger partial charge < -0.3 is 4.90 Å². The van der Waals surface area contributed by atoms with Crippen LogP contribution in [0.5, 0.6) is 0 Å². The number of carbonyl (C=O) groups is 1. The summed E-state index contributed by atoms with van der Waals surface area (Å²) in [5.41, 5.74) is 2.48. The number of piperazine rings is 1. The number of para-hydroxylation sites is 1. The van der Waals surface area contributed by atoms with Gasteiger partial charge in [-0.15, -0.1) is 0 Å². The lowest BCUT2D eigenvalue weighted by Gasteiger charge is -2.37. The normalized spacial score (nSPS) is 17.7. The molecule has 3 heterocycles. The molecule has 1 amide bonds. The van der Waals surface area contributed by atoms with Crippen molar-refractivity contribution in [2.75, 3.05) is 43.9 Å². The number of fused-ring (bicyclic) bond motifs is 1. The van der Waals surface area contributed by atoms with Crippen molar-refractivity contribution in [3.05, 3.63) is 47.8 Å². The van der Waals surface area contributed by atoms with Crippen molar-refractivity contribution >= 4 is 32.7 Å². The summed E-state index contributed by atoms with van der Waals surface area (Å²) in [5, 5.41) is 5.64. The van der Waals surface area contributed by atoms with E-state index in [2.05, 4.69) is 4.98 Å². The van der Waals surface area contributed by atoms with Crippen molar-refractivity contribution in [1.82, 2.24) is 24.4 Å². The maximum Gasteiger partial charge on any atom is 0.401 e. The van der Waals surface area contributed by atoms with Gasteiger partial charge in [0.05, 0.1) is 35.3 Å². The number of sulfonamides is 1. The SMILES string of the molecule is CS(=O)(=O)NC(=O)c1cc(N2CCN(CC(F)(F)F)CC2)c2c(C3CCC3)nn(-c3ccccc3)c2n1. The second kappa shape index (κ2) is 9.60. The Bertz CT molecular complexity index is 1410. The summed E-state index contributed by atoms with van der Waals surface area (Å²) >= 11 is 0. The summed E-state index contributed by atoms with van der Waals surface area (Å²) in [6.45, 7) is 0.0271. The molecule has 9 nitrogen and oxygen atoms in total. The second-order valence-corrected chi connectivity index (χ2v) is 11.3. The average molecular weight is 537 g/mol. The van der Waals surface area contributed by atoms with Crippen molar-refractivity contribution < 1.29 is 26.4 Å². The summed E-state index contributed by atoms with van der Waals surface area (Å²) in [6.07, 6.45) is -0.422. The van der Waals surface area contributed by atoms with Crippen molar-refractivity contribution in [3.8, 4) is 5.69 Å². The number of pyridine rings is 1. The number of carbonyl (C=O) groups excluding carboxylic acids is 1. The number of nitrogens with one attached hydrogen (secondary N) is 1. The number of hydrogen-bond acceptors (Lipinski definition) is 7. The van der Waals surface area contributed by atoms with Crippen LogP contribution in [0.1, 0.15) is 41.4 Å². The quantitative estimate of drug-likeness (QED) is 0.517. The minimum absolute atomic E-state index is 0.108.